The van der Waals surface area contributed by atoms with E-state index in [0.717, 1.165) is 38.2 Å². The maximum Gasteiger partial charge on any atom is 0.375 e. The van der Waals surface area contributed by atoms with E-state index in [0.29, 0.717) is 5.56 Å². The highest BCUT2D eigenvalue weighted by atomic mass is 32.2. The van der Waals surface area contributed by atoms with Crippen molar-refractivity contribution in [3.63, 3.8) is 0 Å². The second-order valence-electron chi connectivity index (χ2n) is 8.14. The van der Waals surface area contributed by atoms with Crippen LogP contribution in [-0.4, -0.2) is 29.3 Å². The number of thioether (sulfide) groups is 1. The fourth-order valence-corrected chi connectivity index (χ4v) is 5.93. The number of hydrogen-bond acceptors (Lipinski definition) is 7. The third-order valence-electron chi connectivity index (χ3n) is 5.99. The Kier molecular flexibility index (Phi) is 6.21. The summed E-state index contributed by atoms with van der Waals surface area (Å²) >= 11 is 5.89. The number of aliphatic hydroxyl groups excluding tert-OH is 1. The molecule has 4 aromatic carbocycles. The number of carbonyl (C=O) groups excluding carboxylic acids is 2. The molecule has 0 radical (unpaired) electrons. The molecule has 0 bridgehead atoms. The van der Waals surface area contributed by atoms with Crippen LogP contribution in [-0.2, 0) is 19.1 Å². The van der Waals surface area contributed by atoms with Crippen LogP contribution in [0.3, 0.4) is 0 Å². The van der Waals surface area contributed by atoms with Crippen LogP contribution in [0.1, 0.15) is 17.7 Å². The van der Waals surface area contributed by atoms with E-state index in [1.807, 2.05) is 84.9 Å². The first kappa shape index (κ1) is 23.3. The topological polar surface area (TPSA) is 72.8 Å². The minimum atomic E-state index is -1.95. The number of benzene rings is 4. The molecule has 5 rings (SSSR count). The van der Waals surface area contributed by atoms with Crippen molar-refractivity contribution in [2.75, 3.05) is 6.61 Å². The van der Waals surface area contributed by atoms with Gasteiger partial charge in [0.1, 0.15) is 0 Å². The second kappa shape index (κ2) is 9.32. The van der Waals surface area contributed by atoms with Crippen molar-refractivity contribution >= 4 is 57.9 Å². The van der Waals surface area contributed by atoms with Gasteiger partial charge in [-0.15, -0.1) is 0 Å². The summed E-state index contributed by atoms with van der Waals surface area (Å²) in [5, 5.41) is 13.9. The minimum Gasteiger partial charge on any atom is -0.501 e. The molecule has 0 fully saturated rings. The van der Waals surface area contributed by atoms with E-state index in [1.165, 1.54) is 0 Å². The number of fused-ring (bicyclic) bond motifs is 2. The summed E-state index contributed by atoms with van der Waals surface area (Å²) in [6.07, 6.45) is 0. The molecule has 35 heavy (non-hydrogen) atoms. The van der Waals surface area contributed by atoms with Gasteiger partial charge < -0.3 is 14.6 Å². The quantitative estimate of drug-likeness (QED) is 0.235. The van der Waals surface area contributed by atoms with Crippen molar-refractivity contribution in [1.29, 1.82) is 0 Å². The summed E-state index contributed by atoms with van der Waals surface area (Å²) in [6.45, 7) is 1.75. The Morgan fingerprint density at radius 2 is 1.57 bits per heavy atom. The van der Waals surface area contributed by atoms with Gasteiger partial charge in [0.15, 0.2) is 0 Å². The highest BCUT2D eigenvalue weighted by molar-refractivity contribution is 8.03. The molecule has 0 spiro atoms. The zero-order chi connectivity index (χ0) is 24.6. The third-order valence-corrected chi connectivity index (χ3v) is 7.85. The largest absolute Gasteiger partial charge is 0.501 e. The van der Waals surface area contributed by atoms with Crippen LogP contribution in [0.25, 0.3) is 21.5 Å². The summed E-state index contributed by atoms with van der Waals surface area (Å²) < 4.78 is 11.0. The van der Waals surface area contributed by atoms with E-state index in [4.69, 9.17) is 22.1 Å². The number of hydrogen-bond donors (Lipinski definition) is 2. The number of cyclic esters (lactones) is 1. The molecular formula is C28H22O5S2. The monoisotopic (exact) mass is 502 g/mol. The predicted octanol–water partition coefficient (Wildman–Crippen LogP) is 6.38. The fraction of sp³-hybridized carbons (Fsp3) is 0.143. The lowest BCUT2D eigenvalue weighted by molar-refractivity contribution is -0.172. The Morgan fingerprint density at radius 1 is 0.971 bits per heavy atom. The minimum absolute atomic E-state index is 0.0596. The number of thiol groups is 1. The first-order valence-electron chi connectivity index (χ1n) is 11.1. The van der Waals surface area contributed by atoms with Crippen LogP contribution in [0, 0.1) is 0 Å². The number of ether oxygens (including phenoxy) is 2. The van der Waals surface area contributed by atoms with E-state index in [1.54, 1.807) is 6.92 Å². The zero-order valence-corrected chi connectivity index (χ0v) is 20.5. The molecule has 176 valence electrons. The standard InChI is InChI=1S/C28H22O5S2/c1-2-32-27(31)28(24(34)21-12-11-17-7-3-5-9-19(17)15-21)25(23(29)26(30)33-28)35-22-14-13-18-8-4-6-10-20(18)16-22/h3-16,24,29,34H,2H2,1H3. The number of carbonyl (C=O) groups is 2. The van der Waals surface area contributed by atoms with Gasteiger partial charge in [0.05, 0.1) is 16.8 Å². The molecule has 0 aliphatic carbocycles. The summed E-state index contributed by atoms with van der Waals surface area (Å²) in [6, 6.07) is 27.1. The van der Waals surface area contributed by atoms with Crippen LogP contribution >= 0.6 is 24.4 Å². The lowest BCUT2D eigenvalue weighted by Crippen LogP contribution is -2.46. The second-order valence-corrected chi connectivity index (χ2v) is 9.74. The van der Waals surface area contributed by atoms with E-state index < -0.39 is 28.5 Å². The van der Waals surface area contributed by atoms with Gasteiger partial charge in [0, 0.05) is 4.90 Å². The SMILES string of the molecule is CCOC(=O)C1(C(S)c2ccc3ccccc3c2)OC(=O)C(O)=C1Sc1ccc2ccccc2c1. The lowest BCUT2D eigenvalue weighted by atomic mass is 9.92. The van der Waals surface area contributed by atoms with E-state index >= 15 is 0 Å². The van der Waals surface area contributed by atoms with Crippen molar-refractivity contribution in [3.8, 4) is 0 Å². The number of rotatable bonds is 6. The summed E-state index contributed by atoms with van der Waals surface area (Å²) in [5.41, 5.74) is -1.29. The average Bonchev–Trinajstić information content (AvgIpc) is 3.14. The molecule has 0 saturated heterocycles. The molecule has 1 N–H and O–H groups in total. The molecular weight excluding hydrogens is 480 g/mol. The average molecular weight is 503 g/mol. The number of esters is 2. The molecule has 5 nitrogen and oxygen atoms in total. The van der Waals surface area contributed by atoms with Gasteiger partial charge in [-0.25, -0.2) is 9.59 Å². The van der Waals surface area contributed by atoms with Crippen LogP contribution in [0.15, 0.2) is 100 Å². The molecule has 2 unspecified atom stereocenters. The molecule has 0 aromatic heterocycles. The Hall–Kier alpha value is -3.42. The fourth-order valence-electron chi connectivity index (χ4n) is 4.26. The maximum atomic E-state index is 13.4. The van der Waals surface area contributed by atoms with Gasteiger partial charge >= 0.3 is 11.9 Å². The van der Waals surface area contributed by atoms with Crippen LogP contribution in [0.2, 0.25) is 0 Å². The van der Waals surface area contributed by atoms with Gasteiger partial charge in [-0.3, -0.25) is 0 Å². The van der Waals surface area contributed by atoms with Crippen molar-refractivity contribution in [1.82, 2.24) is 0 Å². The summed E-state index contributed by atoms with van der Waals surface area (Å²) in [4.78, 5) is 26.9. The Bertz CT molecular complexity index is 1500. The molecule has 2 atom stereocenters. The molecule has 7 heteroatoms. The van der Waals surface area contributed by atoms with Crippen LogP contribution in [0.4, 0.5) is 0 Å². The smallest absolute Gasteiger partial charge is 0.375 e. The van der Waals surface area contributed by atoms with Gasteiger partial charge in [0.25, 0.3) is 5.60 Å². The van der Waals surface area contributed by atoms with Crippen molar-refractivity contribution in [2.24, 2.45) is 0 Å². The van der Waals surface area contributed by atoms with Crippen molar-refractivity contribution in [3.05, 3.63) is 101 Å². The highest BCUT2D eigenvalue weighted by Gasteiger charge is 2.60. The van der Waals surface area contributed by atoms with E-state index in [9.17, 15) is 14.7 Å². The van der Waals surface area contributed by atoms with Gasteiger partial charge in [-0.05, 0) is 52.2 Å². The zero-order valence-electron chi connectivity index (χ0n) is 18.8. The first-order chi connectivity index (χ1) is 16.9. The van der Waals surface area contributed by atoms with Gasteiger partial charge in [-0.1, -0.05) is 78.5 Å². The molecule has 4 aromatic rings. The van der Waals surface area contributed by atoms with Crippen LogP contribution in [0.5, 0.6) is 0 Å². The Morgan fingerprint density at radius 3 is 2.23 bits per heavy atom. The number of aliphatic hydroxyl groups is 1. The first-order valence-corrected chi connectivity index (χ1v) is 12.4. The van der Waals surface area contributed by atoms with Crippen molar-refractivity contribution < 1.29 is 24.2 Å². The molecule has 0 amide bonds. The summed E-state index contributed by atoms with van der Waals surface area (Å²) in [7, 11) is 0. The van der Waals surface area contributed by atoms with Crippen molar-refractivity contribution in [2.45, 2.75) is 22.7 Å². The maximum absolute atomic E-state index is 13.4. The van der Waals surface area contributed by atoms with E-state index in [-0.39, 0.29) is 11.5 Å². The molecule has 1 heterocycles. The van der Waals surface area contributed by atoms with Crippen LogP contribution < -0.4 is 0 Å². The molecule has 1 aliphatic heterocycles. The van der Waals surface area contributed by atoms with Gasteiger partial charge in [-0.2, -0.15) is 12.6 Å². The Balaban J connectivity index is 1.63. The highest BCUT2D eigenvalue weighted by Crippen LogP contribution is 2.52. The molecule has 0 saturated carbocycles. The lowest BCUT2D eigenvalue weighted by Gasteiger charge is -2.33. The van der Waals surface area contributed by atoms with E-state index in [2.05, 4.69) is 0 Å². The Labute approximate surface area is 212 Å². The summed E-state index contributed by atoms with van der Waals surface area (Å²) in [5.74, 6) is -2.38. The third kappa shape index (κ3) is 4.05. The van der Waals surface area contributed by atoms with Gasteiger partial charge in [0.2, 0.25) is 5.76 Å². The predicted molar refractivity (Wildman–Crippen MR) is 141 cm³/mol. The normalized spacial score (nSPS) is 18.6. The molecule has 1 aliphatic rings.